The normalized spacial score (nSPS) is 40.2. The molecule has 1 atom stereocenters. The van der Waals surface area contributed by atoms with E-state index >= 15 is 0 Å². The highest BCUT2D eigenvalue weighted by Gasteiger charge is 2.50. The van der Waals surface area contributed by atoms with Gasteiger partial charge in [-0.2, -0.15) is 0 Å². The summed E-state index contributed by atoms with van der Waals surface area (Å²) in [5.74, 6) is 3.10. The first-order valence-electron chi connectivity index (χ1n) is 8.10. The SMILES string of the molecule is NC(Cc1ccc(Cl)s1)CC12CC3CC(CC(C3)C1)C2. The lowest BCUT2D eigenvalue weighted by molar-refractivity contribution is -0.0602. The molecule has 0 amide bonds. The number of thiophene rings is 1. The monoisotopic (exact) mass is 309 g/mol. The summed E-state index contributed by atoms with van der Waals surface area (Å²) in [6, 6.07) is 4.46. The van der Waals surface area contributed by atoms with Gasteiger partial charge in [0.1, 0.15) is 0 Å². The Labute approximate surface area is 130 Å². The lowest BCUT2D eigenvalue weighted by Crippen LogP contribution is -2.48. The Hall–Kier alpha value is -0.0500. The molecule has 4 aliphatic rings. The Bertz CT molecular complexity index is 460. The van der Waals surface area contributed by atoms with Crippen molar-refractivity contribution in [1.29, 1.82) is 0 Å². The van der Waals surface area contributed by atoms with E-state index in [9.17, 15) is 0 Å². The van der Waals surface area contributed by atoms with E-state index in [0.717, 1.165) is 28.5 Å². The molecule has 110 valence electrons. The molecular formula is C17H24ClNS. The van der Waals surface area contributed by atoms with Crippen LogP contribution in [0.1, 0.15) is 49.8 Å². The number of nitrogens with two attached hydrogens (primary N) is 1. The molecule has 3 heteroatoms. The van der Waals surface area contributed by atoms with Crippen molar-refractivity contribution in [3.63, 3.8) is 0 Å². The van der Waals surface area contributed by atoms with E-state index in [4.69, 9.17) is 17.3 Å². The Morgan fingerprint density at radius 2 is 1.75 bits per heavy atom. The van der Waals surface area contributed by atoms with Crippen LogP contribution in [0.15, 0.2) is 12.1 Å². The molecule has 4 saturated carbocycles. The van der Waals surface area contributed by atoms with Crippen molar-refractivity contribution < 1.29 is 0 Å². The lowest BCUT2D eigenvalue weighted by atomic mass is 9.48. The van der Waals surface area contributed by atoms with Crippen molar-refractivity contribution in [2.75, 3.05) is 0 Å². The summed E-state index contributed by atoms with van der Waals surface area (Å²) in [6.07, 6.45) is 11.2. The summed E-state index contributed by atoms with van der Waals surface area (Å²) < 4.78 is 0.891. The maximum atomic E-state index is 6.50. The molecule has 0 aliphatic heterocycles. The van der Waals surface area contributed by atoms with Gasteiger partial charge in [0.2, 0.25) is 0 Å². The zero-order valence-electron chi connectivity index (χ0n) is 12.0. The molecule has 1 aromatic heterocycles. The molecule has 20 heavy (non-hydrogen) atoms. The van der Waals surface area contributed by atoms with Crippen LogP contribution in [-0.2, 0) is 6.42 Å². The van der Waals surface area contributed by atoms with Gasteiger partial charge >= 0.3 is 0 Å². The van der Waals surface area contributed by atoms with Crippen LogP contribution in [0.25, 0.3) is 0 Å². The minimum atomic E-state index is 0.320. The van der Waals surface area contributed by atoms with Crippen LogP contribution < -0.4 is 5.73 Å². The van der Waals surface area contributed by atoms with E-state index < -0.39 is 0 Å². The predicted octanol–water partition coefficient (Wildman–Crippen LogP) is 4.88. The number of hydrogen-bond donors (Lipinski definition) is 1. The summed E-state index contributed by atoms with van der Waals surface area (Å²) in [6.45, 7) is 0. The second-order valence-electron chi connectivity index (χ2n) is 7.79. The Morgan fingerprint density at radius 3 is 2.25 bits per heavy atom. The van der Waals surface area contributed by atoms with Crippen LogP contribution in [0.3, 0.4) is 0 Å². The molecule has 0 aromatic carbocycles. The molecule has 1 aromatic rings. The second-order valence-corrected chi connectivity index (χ2v) is 9.59. The second kappa shape index (κ2) is 5.00. The fourth-order valence-corrected chi connectivity index (χ4v) is 7.07. The summed E-state index contributed by atoms with van der Waals surface area (Å²) in [5, 5.41) is 0. The van der Waals surface area contributed by atoms with Gasteiger partial charge in [-0.15, -0.1) is 11.3 Å². The Morgan fingerprint density at radius 1 is 1.15 bits per heavy atom. The molecule has 2 N–H and O–H groups in total. The van der Waals surface area contributed by atoms with Gasteiger partial charge in [-0.3, -0.25) is 0 Å². The predicted molar refractivity (Wildman–Crippen MR) is 86.2 cm³/mol. The van der Waals surface area contributed by atoms with Gasteiger partial charge in [0.15, 0.2) is 0 Å². The van der Waals surface area contributed by atoms with Crippen molar-refractivity contribution in [3.05, 3.63) is 21.3 Å². The average Bonchev–Trinajstić information content (AvgIpc) is 2.71. The maximum Gasteiger partial charge on any atom is 0.0931 e. The molecular weight excluding hydrogens is 286 g/mol. The Balaban J connectivity index is 1.43. The first-order chi connectivity index (χ1) is 9.60. The van der Waals surface area contributed by atoms with Crippen molar-refractivity contribution in [1.82, 2.24) is 0 Å². The number of rotatable bonds is 4. The minimum Gasteiger partial charge on any atom is -0.327 e. The van der Waals surface area contributed by atoms with Gasteiger partial charge in [0, 0.05) is 10.9 Å². The van der Waals surface area contributed by atoms with Crippen LogP contribution in [0.4, 0.5) is 0 Å². The fourth-order valence-electron chi connectivity index (χ4n) is 5.89. The minimum absolute atomic E-state index is 0.320. The molecule has 1 heterocycles. The van der Waals surface area contributed by atoms with Crippen LogP contribution >= 0.6 is 22.9 Å². The topological polar surface area (TPSA) is 26.0 Å². The quantitative estimate of drug-likeness (QED) is 0.843. The third-order valence-electron chi connectivity index (χ3n) is 5.95. The van der Waals surface area contributed by atoms with Crippen molar-refractivity contribution in [2.24, 2.45) is 28.9 Å². The molecule has 0 spiro atoms. The fraction of sp³-hybridized carbons (Fsp3) is 0.765. The van der Waals surface area contributed by atoms with Gasteiger partial charge in [-0.1, -0.05) is 11.6 Å². The van der Waals surface area contributed by atoms with E-state index in [-0.39, 0.29) is 0 Å². The first-order valence-corrected chi connectivity index (χ1v) is 9.29. The standard InChI is InChI=1S/C17H24ClNS/c18-16-2-1-15(20-16)6-14(19)10-17-7-11-3-12(8-17)5-13(4-11)9-17/h1-2,11-14H,3-10,19H2. The summed E-state index contributed by atoms with van der Waals surface area (Å²) in [4.78, 5) is 1.35. The van der Waals surface area contributed by atoms with Gasteiger partial charge < -0.3 is 5.73 Å². The Kier molecular flexibility index (Phi) is 3.40. The van der Waals surface area contributed by atoms with Crippen LogP contribution in [0, 0.1) is 23.2 Å². The molecule has 5 rings (SSSR count). The van der Waals surface area contributed by atoms with E-state index in [2.05, 4.69) is 6.07 Å². The van der Waals surface area contributed by atoms with Crippen LogP contribution in [-0.4, -0.2) is 6.04 Å². The van der Waals surface area contributed by atoms with Crippen molar-refractivity contribution >= 4 is 22.9 Å². The largest absolute Gasteiger partial charge is 0.327 e. The zero-order valence-corrected chi connectivity index (χ0v) is 13.6. The first kappa shape index (κ1) is 13.6. The zero-order chi connectivity index (χ0) is 13.7. The molecule has 1 nitrogen and oxygen atoms in total. The number of halogens is 1. The molecule has 0 radical (unpaired) electrons. The van der Waals surface area contributed by atoms with Crippen LogP contribution in [0.5, 0.6) is 0 Å². The third kappa shape index (κ3) is 2.55. The van der Waals surface area contributed by atoms with Gasteiger partial charge in [0.25, 0.3) is 0 Å². The smallest absolute Gasteiger partial charge is 0.0931 e. The van der Waals surface area contributed by atoms with Crippen LogP contribution in [0.2, 0.25) is 4.34 Å². The number of hydrogen-bond acceptors (Lipinski definition) is 2. The third-order valence-corrected chi connectivity index (χ3v) is 7.21. The summed E-state index contributed by atoms with van der Waals surface area (Å²) >= 11 is 7.72. The van der Waals surface area contributed by atoms with Gasteiger partial charge in [0.05, 0.1) is 4.34 Å². The van der Waals surface area contributed by atoms with Crippen molar-refractivity contribution in [2.45, 2.75) is 57.4 Å². The molecule has 1 unspecified atom stereocenters. The van der Waals surface area contributed by atoms with Gasteiger partial charge in [-0.05, 0) is 86.7 Å². The van der Waals surface area contributed by atoms with E-state index in [0.29, 0.717) is 11.5 Å². The maximum absolute atomic E-state index is 6.50. The van der Waals surface area contributed by atoms with E-state index in [1.165, 1.54) is 49.8 Å². The van der Waals surface area contributed by atoms with E-state index in [1.54, 1.807) is 11.3 Å². The molecule has 4 aliphatic carbocycles. The highest BCUT2D eigenvalue weighted by atomic mass is 35.5. The molecule has 4 bridgehead atoms. The summed E-state index contributed by atoms with van der Waals surface area (Å²) in [7, 11) is 0. The average molecular weight is 310 g/mol. The molecule has 0 saturated heterocycles. The lowest BCUT2D eigenvalue weighted by Gasteiger charge is -2.57. The highest BCUT2D eigenvalue weighted by Crippen LogP contribution is 2.61. The molecule has 4 fully saturated rings. The van der Waals surface area contributed by atoms with E-state index in [1.807, 2.05) is 6.07 Å². The summed E-state index contributed by atoms with van der Waals surface area (Å²) in [5.41, 5.74) is 7.11. The highest BCUT2D eigenvalue weighted by molar-refractivity contribution is 7.16. The van der Waals surface area contributed by atoms with Crippen molar-refractivity contribution in [3.8, 4) is 0 Å². The van der Waals surface area contributed by atoms with Gasteiger partial charge in [-0.25, -0.2) is 0 Å².